The van der Waals surface area contributed by atoms with Crippen LogP contribution < -0.4 is 43.0 Å². The number of phenolic OH excluding ortho intramolecular Hbond substituents is 3. The third kappa shape index (κ3) is 17.9. The second-order valence-corrected chi connectivity index (χ2v) is 18.7. The molecule has 414 valence electrons. The lowest BCUT2D eigenvalue weighted by Crippen LogP contribution is -2.59. The van der Waals surface area contributed by atoms with E-state index in [0.29, 0.717) is 27.8 Å². The Balaban J connectivity index is 1.12. The van der Waals surface area contributed by atoms with Gasteiger partial charge in [-0.05, 0) is 83.6 Å². The van der Waals surface area contributed by atoms with Gasteiger partial charge >= 0.3 is 11.9 Å². The van der Waals surface area contributed by atoms with Crippen molar-refractivity contribution in [3.63, 3.8) is 0 Å². The number of aromatic hydroxyl groups is 3. The quantitative estimate of drug-likeness (QED) is 0.0338. The SMILES string of the molecule is C[C@H](NC(=O)[C@H](Cc1ccc(O)cc1)NC(=O)[C@H](CC(=O)O)NC(=O)[C@@H](N)Cc1ccc(O)cc1)C(=O)NCC(=O)N[C@@H](Cc1ccccc1)C(=O)N[C@@H](Cc1ccc(O)cc1)C(=O)N[C@@H](Cc1c[nH]c2ccccc12)C(=O)O. The number of carbonyl (C=O) groups is 9. The summed E-state index contributed by atoms with van der Waals surface area (Å²) in [5.74, 6) is -9.42. The number of nitrogens with one attached hydrogen (secondary N) is 8. The first-order valence-corrected chi connectivity index (χ1v) is 24.9. The molecule has 0 aliphatic heterocycles. The van der Waals surface area contributed by atoms with Crippen molar-refractivity contribution in [2.24, 2.45) is 5.73 Å². The number of phenols is 3. The van der Waals surface area contributed by atoms with E-state index in [0.717, 1.165) is 10.9 Å². The van der Waals surface area contributed by atoms with Gasteiger partial charge in [0.2, 0.25) is 41.4 Å². The predicted molar refractivity (Wildman–Crippen MR) is 286 cm³/mol. The Bertz CT molecular complexity index is 3120. The molecule has 7 atom stereocenters. The van der Waals surface area contributed by atoms with E-state index in [2.05, 4.69) is 42.2 Å². The maximum absolute atomic E-state index is 14.3. The van der Waals surface area contributed by atoms with Crippen molar-refractivity contribution < 1.29 is 68.7 Å². The number of benzene rings is 5. The molecule has 0 aliphatic carbocycles. The average molecular weight is 1080 g/mol. The van der Waals surface area contributed by atoms with E-state index in [1.165, 1.54) is 79.7 Å². The van der Waals surface area contributed by atoms with Crippen molar-refractivity contribution in [3.05, 3.63) is 161 Å². The molecule has 0 bridgehead atoms. The van der Waals surface area contributed by atoms with Gasteiger partial charge in [0.25, 0.3) is 0 Å². The molecule has 1 aromatic heterocycles. The van der Waals surface area contributed by atoms with Crippen LogP contribution in [0.15, 0.2) is 134 Å². The van der Waals surface area contributed by atoms with Crippen LogP contribution >= 0.6 is 0 Å². The summed E-state index contributed by atoms with van der Waals surface area (Å²) in [5, 5.41) is 67.4. The molecule has 79 heavy (non-hydrogen) atoms. The third-order valence-corrected chi connectivity index (χ3v) is 12.6. The van der Waals surface area contributed by atoms with E-state index in [9.17, 15) is 68.7 Å². The van der Waals surface area contributed by atoms with Crippen LogP contribution in [0.3, 0.4) is 0 Å². The van der Waals surface area contributed by atoms with E-state index >= 15 is 0 Å². The molecule has 0 radical (unpaired) electrons. The number of carboxylic acid groups (broad SMARTS) is 2. The van der Waals surface area contributed by atoms with Crippen LogP contribution in [0.5, 0.6) is 17.2 Å². The Morgan fingerprint density at radius 1 is 0.468 bits per heavy atom. The van der Waals surface area contributed by atoms with Crippen molar-refractivity contribution in [2.45, 2.75) is 87.7 Å². The van der Waals surface area contributed by atoms with Crippen LogP contribution in [-0.4, -0.2) is 133 Å². The number of rotatable bonds is 27. The number of H-pyrrole nitrogens is 1. The minimum atomic E-state index is -1.73. The molecule has 0 fully saturated rings. The van der Waals surface area contributed by atoms with Gasteiger partial charge in [0.15, 0.2) is 0 Å². The van der Waals surface area contributed by atoms with Crippen molar-refractivity contribution in [2.75, 3.05) is 6.54 Å². The lowest BCUT2D eigenvalue weighted by atomic mass is 10.0. The van der Waals surface area contributed by atoms with Crippen molar-refractivity contribution in [1.82, 2.24) is 42.2 Å². The molecule has 0 saturated heterocycles. The highest BCUT2D eigenvalue weighted by Crippen LogP contribution is 2.20. The Kier molecular flexibility index (Phi) is 20.6. The number of amides is 7. The molecule has 0 saturated carbocycles. The van der Waals surface area contributed by atoms with Crippen LogP contribution in [0, 0.1) is 0 Å². The first-order chi connectivity index (χ1) is 37.7. The van der Waals surface area contributed by atoms with Crippen molar-refractivity contribution >= 4 is 64.2 Å². The molecular weight excluding hydrogens is 1020 g/mol. The van der Waals surface area contributed by atoms with E-state index < -0.39 is 109 Å². The molecule has 6 aromatic rings. The molecule has 6 rings (SSSR count). The number of fused-ring (bicyclic) bond motifs is 1. The number of carboxylic acids is 2. The van der Waals surface area contributed by atoms with Gasteiger partial charge in [0.05, 0.1) is 19.0 Å². The number of aromatic nitrogens is 1. The molecule has 23 nitrogen and oxygen atoms in total. The maximum Gasteiger partial charge on any atom is 0.326 e. The van der Waals surface area contributed by atoms with Gasteiger partial charge in [-0.25, -0.2) is 4.79 Å². The highest BCUT2D eigenvalue weighted by atomic mass is 16.4. The number of para-hydroxylation sites is 1. The summed E-state index contributed by atoms with van der Waals surface area (Å²) >= 11 is 0. The molecule has 1 heterocycles. The lowest BCUT2D eigenvalue weighted by Gasteiger charge is -2.25. The monoisotopic (exact) mass is 1080 g/mol. The third-order valence-electron chi connectivity index (χ3n) is 12.6. The van der Waals surface area contributed by atoms with Crippen molar-refractivity contribution in [3.8, 4) is 17.2 Å². The first kappa shape index (κ1) is 58.5. The summed E-state index contributed by atoms with van der Waals surface area (Å²) in [7, 11) is 0. The van der Waals surface area contributed by atoms with Gasteiger partial charge < -0.3 is 73.5 Å². The van der Waals surface area contributed by atoms with Crippen LogP contribution in [0.1, 0.15) is 41.2 Å². The van der Waals surface area contributed by atoms with Gasteiger partial charge in [0.1, 0.15) is 53.5 Å². The molecule has 0 spiro atoms. The van der Waals surface area contributed by atoms with Gasteiger partial charge in [-0.2, -0.15) is 0 Å². The number of nitrogens with two attached hydrogens (primary N) is 1. The smallest absolute Gasteiger partial charge is 0.326 e. The van der Waals surface area contributed by atoms with Crippen molar-refractivity contribution in [1.29, 1.82) is 0 Å². The zero-order chi connectivity index (χ0) is 57.2. The van der Waals surface area contributed by atoms with Gasteiger partial charge in [-0.1, -0.05) is 84.9 Å². The largest absolute Gasteiger partial charge is 0.508 e. The van der Waals surface area contributed by atoms with E-state index in [-0.39, 0.29) is 49.4 Å². The highest BCUT2D eigenvalue weighted by molar-refractivity contribution is 5.98. The molecular formula is C56H61N9O14. The van der Waals surface area contributed by atoms with E-state index in [1.807, 2.05) is 12.1 Å². The Morgan fingerprint density at radius 2 is 0.899 bits per heavy atom. The summed E-state index contributed by atoms with van der Waals surface area (Å²) in [6.45, 7) is 0.538. The van der Waals surface area contributed by atoms with Gasteiger partial charge in [-0.15, -0.1) is 0 Å². The highest BCUT2D eigenvalue weighted by Gasteiger charge is 2.33. The predicted octanol–water partition coefficient (Wildman–Crippen LogP) is 0.730. The fraction of sp³-hybridized carbons (Fsp3) is 0.268. The summed E-state index contributed by atoms with van der Waals surface area (Å²) in [4.78, 5) is 124. The molecule has 0 unspecified atom stereocenters. The van der Waals surface area contributed by atoms with Crippen LogP contribution in [0.2, 0.25) is 0 Å². The topological polar surface area (TPSA) is 381 Å². The lowest BCUT2D eigenvalue weighted by molar-refractivity contribution is -0.142. The van der Waals surface area contributed by atoms with Gasteiger partial charge in [-0.3, -0.25) is 38.4 Å². The number of carbonyl (C=O) groups excluding carboxylic acids is 7. The minimum Gasteiger partial charge on any atom is -0.508 e. The second-order valence-electron chi connectivity index (χ2n) is 18.7. The molecule has 5 aromatic carbocycles. The zero-order valence-corrected chi connectivity index (χ0v) is 42.7. The number of aliphatic carboxylic acids is 2. The van der Waals surface area contributed by atoms with Crippen LogP contribution in [0.25, 0.3) is 10.9 Å². The molecule has 23 heteroatoms. The van der Waals surface area contributed by atoms with Crippen LogP contribution in [-0.2, 0) is 75.3 Å². The molecule has 7 amide bonds. The van der Waals surface area contributed by atoms with E-state index in [1.54, 1.807) is 48.7 Å². The molecule has 15 N–H and O–H groups in total. The Labute approximate surface area is 452 Å². The normalized spacial score (nSPS) is 13.6. The van der Waals surface area contributed by atoms with Crippen LogP contribution in [0.4, 0.5) is 0 Å². The first-order valence-electron chi connectivity index (χ1n) is 24.9. The minimum absolute atomic E-state index is 0.0224. The fourth-order valence-electron chi connectivity index (χ4n) is 8.34. The average Bonchev–Trinajstić information content (AvgIpc) is 3.85. The summed E-state index contributed by atoms with van der Waals surface area (Å²) < 4.78 is 0. The summed E-state index contributed by atoms with van der Waals surface area (Å²) in [6.07, 6.45) is 0.0488. The Hall–Kier alpha value is -9.77. The Morgan fingerprint density at radius 3 is 1.42 bits per heavy atom. The second kappa shape index (κ2) is 27.8. The zero-order valence-electron chi connectivity index (χ0n) is 42.7. The van der Waals surface area contributed by atoms with E-state index in [4.69, 9.17) is 5.73 Å². The summed E-state index contributed by atoms with van der Waals surface area (Å²) in [5.41, 5.74) is 9.50. The number of hydrogen-bond acceptors (Lipinski definition) is 13. The number of hydrogen-bond donors (Lipinski definition) is 14. The number of aromatic amines is 1. The summed E-state index contributed by atoms with van der Waals surface area (Å²) in [6, 6.07) is 22.8. The fourth-order valence-corrected chi connectivity index (χ4v) is 8.34. The molecule has 0 aliphatic rings. The standard InChI is InChI=1S/C56H61N9O14/c1-31(60-52(74)44(25-34-13-19-38(67)20-14-34)63-55(77)46(28-49(70)71)62-51(73)41(57)23-33-11-17-37(66)18-12-33)50(72)59-30-48(69)61-43(24-32-7-3-2-4-8-32)53(75)64-45(26-35-15-21-39(68)22-16-35)54(76)65-47(56(78)79)27-36-29-58-42-10-6-5-9-40(36)42/h2-22,29,31,41,43-47,58,66-68H,23-28,30,57H2,1H3,(H,59,72)(H,60,74)(H,61,69)(H,62,73)(H,63,77)(H,64,75)(H,65,76)(H,70,71)(H,78,79)/t31-,41-,43-,44-,45-,46-,47-/m0/s1. The maximum atomic E-state index is 14.3. The van der Waals surface area contributed by atoms with Gasteiger partial charge in [0, 0.05) is 42.8 Å².